The van der Waals surface area contributed by atoms with E-state index >= 15 is 0 Å². The maximum atomic E-state index is 13.1. The Bertz CT molecular complexity index is 1120. The molecule has 0 radical (unpaired) electrons. The normalized spacial score (nSPS) is 16.5. The van der Waals surface area contributed by atoms with Crippen LogP contribution in [0.5, 0.6) is 0 Å². The molecule has 0 unspecified atom stereocenters. The Morgan fingerprint density at radius 2 is 1.86 bits per heavy atom. The van der Waals surface area contributed by atoms with Crippen LogP contribution in [-0.4, -0.2) is 35.7 Å². The number of aromatic nitrogens is 1. The molecular weight excluding hydrogens is 398 g/mol. The van der Waals surface area contributed by atoms with Crippen LogP contribution in [0, 0.1) is 17.0 Å². The number of fused-ring (bicyclic) bond motifs is 1. The summed E-state index contributed by atoms with van der Waals surface area (Å²) in [6.45, 7) is 2.25. The second-order valence-corrected chi connectivity index (χ2v) is 9.82. The molecule has 4 rings (SSSR count). The maximum absolute atomic E-state index is 13.1. The number of nitrogens with zero attached hydrogens (tertiary/aromatic N) is 3. The number of para-hydroxylation sites is 1. The van der Waals surface area contributed by atoms with E-state index in [1.165, 1.54) is 16.4 Å². The van der Waals surface area contributed by atoms with E-state index in [4.69, 9.17) is 4.98 Å². The van der Waals surface area contributed by atoms with Gasteiger partial charge in [-0.05, 0) is 37.5 Å². The van der Waals surface area contributed by atoms with Gasteiger partial charge in [-0.15, -0.1) is 11.3 Å². The number of sulfonamides is 1. The SMILES string of the molecule is Cc1cccc([N+](=O)[O-])c1S(=O)(=O)N1CCC(c2nc3ccccc3s2)CC1. The summed E-state index contributed by atoms with van der Waals surface area (Å²) in [5, 5.41) is 12.4. The Hall–Kier alpha value is -2.36. The van der Waals surface area contributed by atoms with Gasteiger partial charge in [0.25, 0.3) is 5.69 Å². The summed E-state index contributed by atoms with van der Waals surface area (Å²) < 4.78 is 28.7. The molecule has 3 aromatic rings. The predicted octanol–water partition coefficient (Wildman–Crippen LogP) is 4.08. The zero-order valence-electron chi connectivity index (χ0n) is 15.2. The molecule has 1 saturated heterocycles. The molecule has 9 heteroatoms. The molecule has 28 heavy (non-hydrogen) atoms. The molecule has 1 aliphatic rings. The van der Waals surface area contributed by atoms with Crippen LogP contribution in [0.15, 0.2) is 47.4 Å². The minimum atomic E-state index is -3.92. The van der Waals surface area contributed by atoms with Crippen LogP contribution < -0.4 is 0 Å². The fourth-order valence-corrected chi connectivity index (χ4v) is 6.62. The monoisotopic (exact) mass is 417 g/mol. The van der Waals surface area contributed by atoms with E-state index in [-0.39, 0.29) is 16.5 Å². The van der Waals surface area contributed by atoms with E-state index in [1.807, 2.05) is 24.3 Å². The van der Waals surface area contributed by atoms with Gasteiger partial charge in [-0.2, -0.15) is 4.31 Å². The van der Waals surface area contributed by atoms with Crippen LogP contribution in [0.2, 0.25) is 0 Å². The van der Waals surface area contributed by atoms with Crippen molar-refractivity contribution in [2.75, 3.05) is 13.1 Å². The lowest BCUT2D eigenvalue weighted by Crippen LogP contribution is -2.38. The van der Waals surface area contributed by atoms with Gasteiger partial charge in [-0.1, -0.05) is 24.3 Å². The van der Waals surface area contributed by atoms with Gasteiger partial charge in [0.1, 0.15) is 0 Å². The van der Waals surface area contributed by atoms with Crippen molar-refractivity contribution in [2.24, 2.45) is 0 Å². The van der Waals surface area contributed by atoms with Crippen molar-refractivity contribution in [1.29, 1.82) is 0 Å². The summed E-state index contributed by atoms with van der Waals surface area (Å²) in [5.74, 6) is 0.204. The Balaban J connectivity index is 1.57. The van der Waals surface area contributed by atoms with Crippen molar-refractivity contribution in [3.63, 3.8) is 0 Å². The minimum Gasteiger partial charge on any atom is -0.258 e. The van der Waals surface area contributed by atoms with Crippen LogP contribution in [0.25, 0.3) is 10.2 Å². The Morgan fingerprint density at radius 1 is 1.14 bits per heavy atom. The largest absolute Gasteiger partial charge is 0.289 e. The third kappa shape index (κ3) is 3.30. The maximum Gasteiger partial charge on any atom is 0.289 e. The highest BCUT2D eigenvalue weighted by molar-refractivity contribution is 7.89. The first-order valence-electron chi connectivity index (χ1n) is 8.97. The van der Waals surface area contributed by atoms with Gasteiger partial charge >= 0.3 is 0 Å². The molecule has 7 nitrogen and oxygen atoms in total. The highest BCUT2D eigenvalue weighted by Crippen LogP contribution is 2.37. The van der Waals surface area contributed by atoms with E-state index in [2.05, 4.69) is 0 Å². The summed E-state index contributed by atoms with van der Waals surface area (Å²) in [5.41, 5.74) is 0.990. The number of nitro benzene ring substituents is 1. The zero-order valence-corrected chi connectivity index (χ0v) is 16.9. The van der Waals surface area contributed by atoms with Crippen LogP contribution >= 0.6 is 11.3 Å². The summed E-state index contributed by atoms with van der Waals surface area (Å²) >= 11 is 1.65. The Morgan fingerprint density at radius 3 is 2.54 bits per heavy atom. The molecule has 1 aliphatic heterocycles. The third-order valence-corrected chi connectivity index (χ3v) is 8.39. The molecule has 0 saturated carbocycles. The predicted molar refractivity (Wildman–Crippen MR) is 108 cm³/mol. The average molecular weight is 418 g/mol. The number of piperidine rings is 1. The summed E-state index contributed by atoms with van der Waals surface area (Å²) in [6.07, 6.45) is 1.30. The number of hydrogen-bond acceptors (Lipinski definition) is 6. The van der Waals surface area contributed by atoms with Crippen LogP contribution in [0.3, 0.4) is 0 Å². The van der Waals surface area contributed by atoms with Crippen LogP contribution in [0.4, 0.5) is 5.69 Å². The average Bonchev–Trinajstić information content (AvgIpc) is 3.12. The van der Waals surface area contributed by atoms with E-state index in [1.54, 1.807) is 24.3 Å². The van der Waals surface area contributed by atoms with E-state index in [9.17, 15) is 18.5 Å². The molecule has 0 atom stereocenters. The number of nitro groups is 1. The van der Waals surface area contributed by atoms with Crippen molar-refractivity contribution < 1.29 is 13.3 Å². The van der Waals surface area contributed by atoms with Crippen molar-refractivity contribution >= 4 is 37.3 Å². The van der Waals surface area contributed by atoms with Gasteiger partial charge < -0.3 is 0 Å². The van der Waals surface area contributed by atoms with Crippen molar-refractivity contribution in [2.45, 2.75) is 30.6 Å². The fourth-order valence-electron chi connectivity index (χ4n) is 3.65. The summed E-state index contributed by atoms with van der Waals surface area (Å²) in [4.78, 5) is 15.2. The standard InChI is InChI=1S/C19H19N3O4S2/c1-13-5-4-7-16(22(23)24)18(13)28(25,26)21-11-9-14(10-12-21)19-20-15-6-2-3-8-17(15)27-19/h2-8,14H,9-12H2,1H3. The quantitative estimate of drug-likeness (QED) is 0.471. The molecule has 0 bridgehead atoms. The van der Waals surface area contributed by atoms with Crippen molar-refractivity contribution in [3.05, 3.63) is 63.1 Å². The van der Waals surface area contributed by atoms with Crippen molar-refractivity contribution in [1.82, 2.24) is 9.29 Å². The van der Waals surface area contributed by atoms with E-state index in [0.717, 1.165) is 15.2 Å². The number of hydrogen-bond donors (Lipinski definition) is 0. The lowest BCUT2D eigenvalue weighted by molar-refractivity contribution is -0.387. The van der Waals surface area contributed by atoms with Crippen molar-refractivity contribution in [3.8, 4) is 0 Å². The molecule has 146 valence electrons. The van der Waals surface area contributed by atoms with E-state index in [0.29, 0.717) is 31.5 Å². The molecule has 0 aliphatic carbocycles. The first kappa shape index (κ1) is 19.0. The number of rotatable bonds is 4. The lowest BCUT2D eigenvalue weighted by Gasteiger charge is -2.30. The van der Waals surface area contributed by atoms with Gasteiger partial charge in [0.05, 0.1) is 20.1 Å². The zero-order chi connectivity index (χ0) is 19.9. The number of thiazole rings is 1. The molecule has 0 spiro atoms. The summed E-state index contributed by atoms with van der Waals surface area (Å²) in [6, 6.07) is 12.3. The molecule has 1 fully saturated rings. The third-order valence-electron chi connectivity index (χ3n) is 5.10. The molecular formula is C19H19N3O4S2. The minimum absolute atomic E-state index is 0.196. The Kier molecular flexibility index (Phi) is 4.90. The lowest BCUT2D eigenvalue weighted by atomic mass is 9.99. The van der Waals surface area contributed by atoms with Gasteiger partial charge in [-0.3, -0.25) is 10.1 Å². The molecule has 1 aromatic heterocycles. The topological polar surface area (TPSA) is 93.4 Å². The molecule has 0 amide bonds. The second-order valence-electron chi connectivity index (χ2n) is 6.88. The Labute approximate surface area is 166 Å². The van der Waals surface area contributed by atoms with Gasteiger partial charge in [-0.25, -0.2) is 13.4 Å². The molecule has 0 N–H and O–H groups in total. The summed E-state index contributed by atoms with van der Waals surface area (Å²) in [7, 11) is -3.92. The highest BCUT2D eigenvalue weighted by atomic mass is 32.2. The van der Waals surface area contributed by atoms with Gasteiger partial charge in [0, 0.05) is 25.1 Å². The second kappa shape index (κ2) is 7.23. The number of aryl methyl sites for hydroxylation is 1. The van der Waals surface area contributed by atoms with E-state index < -0.39 is 14.9 Å². The number of benzene rings is 2. The first-order valence-corrected chi connectivity index (χ1v) is 11.2. The van der Waals surface area contributed by atoms with Crippen LogP contribution in [-0.2, 0) is 10.0 Å². The van der Waals surface area contributed by atoms with Crippen LogP contribution in [0.1, 0.15) is 29.3 Å². The first-order chi connectivity index (χ1) is 13.4. The van der Waals surface area contributed by atoms with Gasteiger partial charge in [0.2, 0.25) is 10.0 Å². The smallest absolute Gasteiger partial charge is 0.258 e. The highest BCUT2D eigenvalue weighted by Gasteiger charge is 2.36. The van der Waals surface area contributed by atoms with Gasteiger partial charge in [0.15, 0.2) is 4.90 Å². The molecule has 2 aromatic carbocycles. The fraction of sp³-hybridized carbons (Fsp3) is 0.316. The molecule has 2 heterocycles.